The number of rotatable bonds is 3. The second kappa shape index (κ2) is 6.26. The molecule has 2 N–H and O–H groups in total. The molecule has 1 aliphatic rings. The molecule has 0 bridgehead atoms. The Bertz CT molecular complexity index is 328. The van der Waals surface area contributed by atoms with Crippen molar-refractivity contribution in [2.75, 3.05) is 13.1 Å². The van der Waals surface area contributed by atoms with Crippen molar-refractivity contribution in [3.63, 3.8) is 0 Å². The van der Waals surface area contributed by atoms with Crippen LogP contribution in [0.4, 0.5) is 4.79 Å². The number of carbonyl (C=O) groups is 2. The Morgan fingerprint density at radius 1 is 1.32 bits per heavy atom. The van der Waals surface area contributed by atoms with Gasteiger partial charge in [-0.15, -0.1) is 0 Å². The molecule has 1 rings (SSSR count). The van der Waals surface area contributed by atoms with Gasteiger partial charge in [0.1, 0.15) is 0 Å². The number of nitrogens with one attached hydrogen (secondary N) is 1. The van der Waals surface area contributed by atoms with Gasteiger partial charge in [0.25, 0.3) is 0 Å². The topological polar surface area (TPSA) is 69.6 Å². The molecule has 1 unspecified atom stereocenters. The van der Waals surface area contributed by atoms with Crippen molar-refractivity contribution in [3.8, 4) is 0 Å². The zero-order chi connectivity index (χ0) is 14.6. The summed E-state index contributed by atoms with van der Waals surface area (Å²) in [6, 6.07) is 0.0768. The molecule has 5 nitrogen and oxygen atoms in total. The van der Waals surface area contributed by atoms with Gasteiger partial charge in [0.05, 0.1) is 0 Å². The van der Waals surface area contributed by atoms with Crippen LogP contribution in [0.15, 0.2) is 0 Å². The van der Waals surface area contributed by atoms with Crippen LogP contribution in [0.1, 0.15) is 47.0 Å². The standard InChI is InChI=1S/C14H26N2O3/c1-10(14(2,3)4)15-13(19)16-7-5-11(6-8-16)9-12(17)18/h10-11H,5-9H2,1-4H3,(H,15,19)(H,17,18). The lowest BCUT2D eigenvalue weighted by Gasteiger charge is -2.35. The molecule has 1 fully saturated rings. The zero-order valence-corrected chi connectivity index (χ0v) is 12.4. The predicted octanol–water partition coefficient (Wildman–Crippen LogP) is 2.32. The molecule has 1 heterocycles. The molecule has 1 atom stereocenters. The Balaban J connectivity index is 2.39. The zero-order valence-electron chi connectivity index (χ0n) is 12.4. The maximum Gasteiger partial charge on any atom is 0.317 e. The molecule has 5 heteroatoms. The molecule has 0 spiro atoms. The highest BCUT2D eigenvalue weighted by atomic mass is 16.4. The van der Waals surface area contributed by atoms with Gasteiger partial charge in [0.2, 0.25) is 0 Å². The van der Waals surface area contributed by atoms with Crippen LogP contribution >= 0.6 is 0 Å². The Kier molecular flexibility index (Phi) is 5.20. The molecule has 0 aromatic carbocycles. The molecular weight excluding hydrogens is 244 g/mol. The van der Waals surface area contributed by atoms with Crippen LogP contribution < -0.4 is 5.32 Å². The average Bonchev–Trinajstić information content (AvgIpc) is 2.27. The third-order valence-corrected chi connectivity index (χ3v) is 4.00. The summed E-state index contributed by atoms with van der Waals surface area (Å²) >= 11 is 0. The van der Waals surface area contributed by atoms with Crippen LogP contribution in [0.5, 0.6) is 0 Å². The molecule has 0 aliphatic carbocycles. The number of amides is 2. The van der Waals surface area contributed by atoms with Gasteiger partial charge in [-0.05, 0) is 31.1 Å². The number of carboxylic acids is 1. The number of nitrogens with zero attached hydrogens (tertiary/aromatic N) is 1. The van der Waals surface area contributed by atoms with E-state index in [-0.39, 0.29) is 29.8 Å². The van der Waals surface area contributed by atoms with Crippen LogP contribution in [-0.2, 0) is 4.79 Å². The van der Waals surface area contributed by atoms with Crippen molar-refractivity contribution < 1.29 is 14.7 Å². The Labute approximate surface area is 115 Å². The van der Waals surface area contributed by atoms with Crippen molar-refractivity contribution in [3.05, 3.63) is 0 Å². The Hall–Kier alpha value is -1.26. The van der Waals surface area contributed by atoms with E-state index in [0.717, 1.165) is 12.8 Å². The number of likely N-dealkylation sites (tertiary alicyclic amines) is 1. The van der Waals surface area contributed by atoms with Gasteiger partial charge in [-0.2, -0.15) is 0 Å². The summed E-state index contributed by atoms with van der Waals surface area (Å²) < 4.78 is 0. The van der Waals surface area contributed by atoms with Crippen molar-refractivity contribution in [2.45, 2.75) is 53.0 Å². The van der Waals surface area contributed by atoms with E-state index < -0.39 is 5.97 Å². The van der Waals surface area contributed by atoms with Crippen LogP contribution in [0, 0.1) is 11.3 Å². The normalized spacial score (nSPS) is 19.1. The minimum atomic E-state index is -0.746. The van der Waals surface area contributed by atoms with E-state index in [1.165, 1.54) is 0 Å². The van der Waals surface area contributed by atoms with Crippen molar-refractivity contribution >= 4 is 12.0 Å². The lowest BCUT2D eigenvalue weighted by molar-refractivity contribution is -0.138. The quantitative estimate of drug-likeness (QED) is 0.827. The number of urea groups is 1. The first-order valence-corrected chi connectivity index (χ1v) is 6.97. The fraction of sp³-hybridized carbons (Fsp3) is 0.857. The minimum absolute atomic E-state index is 0.0313. The summed E-state index contributed by atoms with van der Waals surface area (Å²) in [6.45, 7) is 9.60. The second-order valence-electron chi connectivity index (χ2n) is 6.57. The number of carboxylic acid groups (broad SMARTS) is 1. The summed E-state index contributed by atoms with van der Waals surface area (Å²) in [4.78, 5) is 24.5. The van der Waals surface area contributed by atoms with Crippen molar-refractivity contribution in [1.29, 1.82) is 0 Å². The molecule has 1 aliphatic heterocycles. The van der Waals surface area contributed by atoms with Gasteiger partial charge in [-0.25, -0.2) is 4.79 Å². The summed E-state index contributed by atoms with van der Waals surface area (Å²) in [7, 11) is 0. The molecular formula is C14H26N2O3. The van der Waals surface area contributed by atoms with E-state index >= 15 is 0 Å². The number of aliphatic carboxylic acids is 1. The highest BCUT2D eigenvalue weighted by molar-refractivity contribution is 5.74. The maximum absolute atomic E-state index is 12.1. The van der Waals surface area contributed by atoms with Crippen molar-refractivity contribution in [2.24, 2.45) is 11.3 Å². The maximum atomic E-state index is 12.1. The first-order chi connectivity index (χ1) is 8.70. The Morgan fingerprint density at radius 3 is 2.26 bits per heavy atom. The molecule has 0 aromatic heterocycles. The first kappa shape index (κ1) is 15.8. The fourth-order valence-electron chi connectivity index (χ4n) is 2.08. The van der Waals surface area contributed by atoms with Crippen LogP contribution in [0.3, 0.4) is 0 Å². The number of piperidine rings is 1. The van der Waals surface area contributed by atoms with E-state index in [0.29, 0.717) is 13.1 Å². The largest absolute Gasteiger partial charge is 0.481 e. The highest BCUT2D eigenvalue weighted by Gasteiger charge is 2.27. The summed E-state index contributed by atoms with van der Waals surface area (Å²) in [5.74, 6) is -0.536. The monoisotopic (exact) mass is 270 g/mol. The molecule has 1 saturated heterocycles. The molecule has 0 saturated carbocycles. The van der Waals surface area contributed by atoms with E-state index in [1.807, 2.05) is 6.92 Å². The van der Waals surface area contributed by atoms with Gasteiger partial charge in [0, 0.05) is 25.6 Å². The van der Waals surface area contributed by atoms with Gasteiger partial charge in [-0.1, -0.05) is 20.8 Å². The van der Waals surface area contributed by atoms with Crippen molar-refractivity contribution in [1.82, 2.24) is 10.2 Å². The molecule has 19 heavy (non-hydrogen) atoms. The fourth-order valence-corrected chi connectivity index (χ4v) is 2.08. The van der Waals surface area contributed by atoms with E-state index in [9.17, 15) is 9.59 Å². The first-order valence-electron chi connectivity index (χ1n) is 6.97. The van der Waals surface area contributed by atoms with E-state index in [2.05, 4.69) is 26.1 Å². The average molecular weight is 270 g/mol. The lowest BCUT2D eigenvalue weighted by atomic mass is 9.88. The smallest absolute Gasteiger partial charge is 0.317 e. The second-order valence-corrected chi connectivity index (χ2v) is 6.57. The number of hydrogen-bond donors (Lipinski definition) is 2. The molecule has 2 amide bonds. The third-order valence-electron chi connectivity index (χ3n) is 4.00. The SMILES string of the molecule is CC(NC(=O)N1CCC(CC(=O)O)CC1)C(C)(C)C. The third kappa shape index (κ3) is 5.09. The Morgan fingerprint density at radius 2 is 1.84 bits per heavy atom. The number of hydrogen-bond acceptors (Lipinski definition) is 2. The number of carbonyl (C=O) groups excluding carboxylic acids is 1. The van der Waals surface area contributed by atoms with Crippen LogP contribution in [-0.4, -0.2) is 41.1 Å². The molecule has 0 aromatic rings. The van der Waals surface area contributed by atoms with Gasteiger partial charge in [-0.3, -0.25) is 4.79 Å². The van der Waals surface area contributed by atoms with Gasteiger partial charge in [0.15, 0.2) is 0 Å². The summed E-state index contributed by atoms with van der Waals surface area (Å²) in [6.07, 6.45) is 1.78. The molecule has 110 valence electrons. The van der Waals surface area contributed by atoms with Gasteiger partial charge >= 0.3 is 12.0 Å². The summed E-state index contributed by atoms with van der Waals surface area (Å²) in [5, 5.41) is 11.8. The summed E-state index contributed by atoms with van der Waals surface area (Å²) in [5.41, 5.74) is 0.0390. The van der Waals surface area contributed by atoms with E-state index in [1.54, 1.807) is 4.90 Å². The lowest BCUT2D eigenvalue weighted by Crippen LogP contribution is -2.50. The van der Waals surface area contributed by atoms with Crippen LogP contribution in [0.2, 0.25) is 0 Å². The van der Waals surface area contributed by atoms with Gasteiger partial charge < -0.3 is 15.3 Å². The highest BCUT2D eigenvalue weighted by Crippen LogP contribution is 2.22. The predicted molar refractivity (Wildman–Crippen MR) is 74.0 cm³/mol. The minimum Gasteiger partial charge on any atom is -0.481 e. The van der Waals surface area contributed by atoms with E-state index in [4.69, 9.17) is 5.11 Å². The molecule has 0 radical (unpaired) electrons. The van der Waals surface area contributed by atoms with Crippen LogP contribution in [0.25, 0.3) is 0 Å².